The van der Waals surface area contributed by atoms with Crippen molar-refractivity contribution in [1.82, 2.24) is 0 Å². The molecule has 0 radical (unpaired) electrons. The molecule has 3 unspecified atom stereocenters. The molecule has 1 saturated carbocycles. The summed E-state index contributed by atoms with van der Waals surface area (Å²) in [6.45, 7) is 9.97. The van der Waals surface area contributed by atoms with Crippen molar-refractivity contribution in [3.8, 4) is 0 Å². The zero-order chi connectivity index (χ0) is 9.43. The normalized spacial score (nSPS) is 69.2. The molecule has 13 heavy (non-hydrogen) atoms. The van der Waals surface area contributed by atoms with Gasteiger partial charge in [-0.3, -0.25) is 0 Å². The molecule has 0 N–H and O–H groups in total. The molecule has 6 atom stereocenters. The van der Waals surface area contributed by atoms with Gasteiger partial charge < -0.3 is 9.47 Å². The highest BCUT2D eigenvalue weighted by Crippen LogP contribution is 2.70. The first-order valence-corrected chi connectivity index (χ1v) is 5.33. The van der Waals surface area contributed by atoms with E-state index in [2.05, 4.69) is 27.7 Å². The summed E-state index contributed by atoms with van der Waals surface area (Å²) in [5, 5.41) is 0. The lowest BCUT2D eigenvalue weighted by Crippen LogP contribution is -2.79. The Kier molecular flexibility index (Phi) is 1.24. The largest absolute Gasteiger partial charge is 0.372 e. The van der Waals surface area contributed by atoms with Crippen LogP contribution in [-0.2, 0) is 9.47 Å². The molecule has 3 aliphatic rings. The molecule has 2 saturated heterocycles. The minimum Gasteiger partial charge on any atom is -0.372 e. The van der Waals surface area contributed by atoms with Crippen LogP contribution >= 0.6 is 0 Å². The predicted octanol–water partition coefficient (Wildman–Crippen LogP) is 1.83. The second kappa shape index (κ2) is 1.96. The molecule has 2 aliphatic heterocycles. The minimum absolute atomic E-state index is 0.0891. The van der Waals surface area contributed by atoms with Gasteiger partial charge >= 0.3 is 0 Å². The molecule has 3 fully saturated rings. The van der Waals surface area contributed by atoms with Crippen molar-refractivity contribution in [2.24, 2.45) is 17.3 Å². The van der Waals surface area contributed by atoms with Crippen LogP contribution in [0.15, 0.2) is 0 Å². The Labute approximate surface area is 79.6 Å². The highest BCUT2D eigenvalue weighted by Gasteiger charge is 2.80. The topological polar surface area (TPSA) is 18.5 Å². The van der Waals surface area contributed by atoms with Crippen molar-refractivity contribution in [1.29, 1.82) is 0 Å². The molecule has 3 rings (SSSR count). The van der Waals surface area contributed by atoms with Gasteiger partial charge in [-0.25, -0.2) is 0 Å². The molecule has 2 heteroatoms. The van der Waals surface area contributed by atoms with E-state index in [9.17, 15) is 0 Å². The summed E-state index contributed by atoms with van der Waals surface area (Å²) < 4.78 is 11.9. The number of ether oxygens (including phenoxy) is 2. The third-order valence-corrected chi connectivity index (χ3v) is 5.12. The molecular weight excluding hydrogens is 164 g/mol. The van der Waals surface area contributed by atoms with E-state index in [0.29, 0.717) is 23.5 Å². The van der Waals surface area contributed by atoms with Crippen LogP contribution < -0.4 is 0 Å². The first-order chi connectivity index (χ1) is 6.04. The van der Waals surface area contributed by atoms with Gasteiger partial charge in [-0.2, -0.15) is 0 Å². The van der Waals surface area contributed by atoms with Crippen LogP contribution in [0.25, 0.3) is 0 Å². The molecular formula is C11H18O2. The maximum atomic E-state index is 6.01. The van der Waals surface area contributed by atoms with Gasteiger partial charge in [0.15, 0.2) is 0 Å². The van der Waals surface area contributed by atoms with Crippen LogP contribution in [0, 0.1) is 17.3 Å². The minimum atomic E-state index is 0.0891. The van der Waals surface area contributed by atoms with E-state index in [1.165, 1.54) is 0 Å². The van der Waals surface area contributed by atoms with Crippen LogP contribution in [0.3, 0.4) is 0 Å². The fourth-order valence-corrected chi connectivity index (χ4v) is 4.01. The molecule has 1 spiro atoms. The van der Waals surface area contributed by atoms with E-state index in [-0.39, 0.29) is 5.60 Å². The lowest BCUT2D eigenvalue weighted by molar-refractivity contribution is -0.361. The Morgan fingerprint density at radius 3 is 2.46 bits per heavy atom. The van der Waals surface area contributed by atoms with E-state index in [1.54, 1.807) is 0 Å². The zero-order valence-corrected chi connectivity index (χ0v) is 8.83. The summed E-state index contributed by atoms with van der Waals surface area (Å²) in [4.78, 5) is 0. The number of rotatable bonds is 0. The van der Waals surface area contributed by atoms with Gasteiger partial charge in [0, 0.05) is 5.41 Å². The van der Waals surface area contributed by atoms with Crippen molar-refractivity contribution < 1.29 is 9.47 Å². The molecule has 0 aromatic heterocycles. The Morgan fingerprint density at radius 1 is 1.15 bits per heavy atom. The maximum Gasteiger partial charge on any atom is 0.113 e. The first-order valence-electron chi connectivity index (χ1n) is 5.33. The van der Waals surface area contributed by atoms with Crippen molar-refractivity contribution in [2.75, 3.05) is 6.61 Å². The van der Waals surface area contributed by atoms with Gasteiger partial charge in [0.2, 0.25) is 0 Å². The fraction of sp³-hybridized carbons (Fsp3) is 1.00. The SMILES string of the molecule is CC1O[C@@]23C1OCC2(C)[C@@H](C)[C@@H]3C. The van der Waals surface area contributed by atoms with E-state index in [4.69, 9.17) is 9.47 Å². The van der Waals surface area contributed by atoms with Crippen LogP contribution in [0.5, 0.6) is 0 Å². The molecule has 74 valence electrons. The van der Waals surface area contributed by atoms with Gasteiger partial charge in [-0.1, -0.05) is 20.8 Å². The Bertz CT molecular complexity index is 265. The van der Waals surface area contributed by atoms with Crippen LogP contribution in [0.4, 0.5) is 0 Å². The van der Waals surface area contributed by atoms with Gasteiger partial charge in [0.05, 0.1) is 12.7 Å². The van der Waals surface area contributed by atoms with Gasteiger partial charge in [-0.05, 0) is 18.8 Å². The second-order valence-corrected chi connectivity index (χ2v) is 5.34. The van der Waals surface area contributed by atoms with E-state index in [0.717, 1.165) is 12.5 Å². The third kappa shape index (κ3) is 0.556. The molecule has 0 bridgehead atoms. The molecule has 2 nitrogen and oxygen atoms in total. The smallest absolute Gasteiger partial charge is 0.113 e. The highest BCUT2D eigenvalue weighted by atomic mass is 16.6. The summed E-state index contributed by atoms with van der Waals surface area (Å²) in [6.07, 6.45) is 0.695. The van der Waals surface area contributed by atoms with Crippen LogP contribution in [-0.4, -0.2) is 24.4 Å². The lowest BCUT2D eigenvalue weighted by atomic mass is 9.43. The van der Waals surface area contributed by atoms with Gasteiger partial charge in [0.25, 0.3) is 0 Å². The number of hydrogen-bond acceptors (Lipinski definition) is 2. The summed E-state index contributed by atoms with van der Waals surface area (Å²) in [5.41, 5.74) is 0.384. The Morgan fingerprint density at radius 2 is 1.85 bits per heavy atom. The molecule has 1 aliphatic carbocycles. The highest BCUT2D eigenvalue weighted by molar-refractivity contribution is 5.27. The molecule has 0 aromatic rings. The van der Waals surface area contributed by atoms with Crippen molar-refractivity contribution in [2.45, 2.75) is 45.5 Å². The molecule has 0 amide bonds. The van der Waals surface area contributed by atoms with Crippen molar-refractivity contribution in [3.05, 3.63) is 0 Å². The standard InChI is InChI=1S/C11H18O2/c1-6-7(2)11-9(8(3)13-11)12-5-10(6,11)4/h6-9H,5H2,1-4H3/t6-,7-,8?,9?,10?,11-/m0/s1. The Hall–Kier alpha value is -0.0800. The lowest BCUT2D eigenvalue weighted by Gasteiger charge is -2.69. The molecule has 0 aromatic carbocycles. The van der Waals surface area contributed by atoms with E-state index < -0.39 is 0 Å². The average Bonchev–Trinajstić information content (AvgIpc) is 2.32. The average molecular weight is 182 g/mol. The summed E-state index contributed by atoms with van der Waals surface area (Å²) in [6, 6.07) is 0. The summed E-state index contributed by atoms with van der Waals surface area (Å²) >= 11 is 0. The van der Waals surface area contributed by atoms with Crippen molar-refractivity contribution >= 4 is 0 Å². The summed E-state index contributed by atoms with van der Waals surface area (Å²) in [5.74, 6) is 1.41. The predicted molar refractivity (Wildman–Crippen MR) is 49.5 cm³/mol. The van der Waals surface area contributed by atoms with Crippen LogP contribution in [0.1, 0.15) is 27.7 Å². The zero-order valence-electron chi connectivity index (χ0n) is 8.83. The third-order valence-electron chi connectivity index (χ3n) is 5.12. The van der Waals surface area contributed by atoms with Gasteiger partial charge in [0.1, 0.15) is 11.7 Å². The van der Waals surface area contributed by atoms with E-state index in [1.807, 2.05) is 0 Å². The van der Waals surface area contributed by atoms with E-state index >= 15 is 0 Å². The maximum absolute atomic E-state index is 6.01. The fourth-order valence-electron chi connectivity index (χ4n) is 4.01. The molecule has 2 heterocycles. The summed E-state index contributed by atoms with van der Waals surface area (Å²) in [7, 11) is 0. The van der Waals surface area contributed by atoms with Gasteiger partial charge in [-0.15, -0.1) is 0 Å². The van der Waals surface area contributed by atoms with Crippen molar-refractivity contribution in [3.63, 3.8) is 0 Å². The Balaban J connectivity index is 2.00. The monoisotopic (exact) mass is 182 g/mol. The first kappa shape index (κ1) is 8.25. The second-order valence-electron chi connectivity index (χ2n) is 5.34. The van der Waals surface area contributed by atoms with Crippen LogP contribution in [0.2, 0.25) is 0 Å². The number of hydrogen-bond donors (Lipinski definition) is 0. The quantitative estimate of drug-likeness (QED) is 0.569.